The predicted octanol–water partition coefficient (Wildman–Crippen LogP) is 12.0. The lowest BCUT2D eigenvalue weighted by atomic mass is 9.76. The topological polar surface area (TPSA) is 29.0 Å². The van der Waals surface area contributed by atoms with Crippen molar-refractivity contribution in [1.29, 1.82) is 0 Å². The number of benzene rings is 7. The van der Waals surface area contributed by atoms with E-state index in [1.54, 1.807) is 11.3 Å². The monoisotopic (exact) mass is 621 g/mol. The van der Waals surface area contributed by atoms with E-state index in [1.165, 1.54) is 4.70 Å². The fourth-order valence-corrected chi connectivity index (χ4v) is 8.94. The van der Waals surface area contributed by atoms with Gasteiger partial charge in [-0.25, -0.2) is 9.97 Å². The quantitative estimate of drug-likeness (QED) is 0.192. The van der Waals surface area contributed by atoms with Gasteiger partial charge < -0.3 is 0 Å². The van der Waals surface area contributed by atoms with E-state index in [0.717, 1.165) is 81.6 Å². The first kappa shape index (κ1) is 24.6. The summed E-state index contributed by atoms with van der Waals surface area (Å²) in [6, 6.07) is 44.5. The lowest BCUT2D eigenvalue weighted by molar-refractivity contribution is 0.525. The summed E-state index contributed by atoms with van der Waals surface area (Å²) < 4.78 is 21.2. The summed E-state index contributed by atoms with van der Waals surface area (Å²) in [5.74, 6) is 0.585. The average Bonchev–Trinajstić information content (AvgIpc) is 3.51. The molecule has 0 radical (unpaired) electrons. The highest BCUT2D eigenvalue weighted by Gasteiger charge is 2.43. The van der Waals surface area contributed by atoms with Crippen LogP contribution >= 0.6 is 11.3 Å². The Bertz CT molecular complexity index is 2840. The van der Waals surface area contributed by atoms with Gasteiger partial charge in [0.15, 0.2) is 0 Å². The Morgan fingerprint density at radius 1 is 0.617 bits per heavy atom. The van der Waals surface area contributed by atoms with Gasteiger partial charge in [0.2, 0.25) is 5.95 Å². The fraction of sp³-hybridized carbons (Fsp3) is 0.0698. The van der Waals surface area contributed by atoms with Crippen LogP contribution in [0.2, 0.25) is 0 Å². The van der Waals surface area contributed by atoms with Crippen molar-refractivity contribution in [2.24, 2.45) is 0 Å². The van der Waals surface area contributed by atoms with Crippen molar-refractivity contribution in [3.8, 4) is 22.4 Å². The van der Waals surface area contributed by atoms with E-state index in [1.807, 2.05) is 54.6 Å². The predicted molar refractivity (Wildman–Crippen MR) is 200 cm³/mol. The number of aromatic nitrogens is 2. The summed E-state index contributed by atoms with van der Waals surface area (Å²) in [7, 11) is 0. The van der Waals surface area contributed by atoms with E-state index in [0.29, 0.717) is 18.0 Å². The third kappa shape index (κ3) is 3.67. The van der Waals surface area contributed by atoms with Gasteiger partial charge in [-0.15, -0.1) is 11.3 Å². The van der Waals surface area contributed by atoms with Crippen LogP contribution in [0.3, 0.4) is 0 Å². The second-order valence-electron chi connectivity index (χ2n) is 12.8. The molecule has 0 atom stereocenters. The Kier molecular flexibility index (Phi) is 5.09. The van der Waals surface area contributed by atoms with E-state index >= 15 is 0 Å². The zero-order valence-electron chi connectivity index (χ0n) is 27.9. The minimum atomic E-state index is -0.727. The molecule has 47 heavy (non-hydrogen) atoms. The molecule has 0 unspecified atom stereocenters. The van der Waals surface area contributed by atoms with Crippen molar-refractivity contribution in [1.82, 2.24) is 9.97 Å². The Morgan fingerprint density at radius 2 is 1.32 bits per heavy atom. The van der Waals surface area contributed by atoms with Gasteiger partial charge in [-0.2, -0.15) is 0 Å². The maximum Gasteiger partial charge on any atom is 0.231 e. The Morgan fingerprint density at radius 3 is 2.19 bits per heavy atom. The summed E-state index contributed by atoms with van der Waals surface area (Å²) in [5.41, 5.74) is 6.06. The van der Waals surface area contributed by atoms with Crippen molar-refractivity contribution in [2.45, 2.75) is 19.4 Å². The smallest absolute Gasteiger partial charge is 0.231 e. The van der Waals surface area contributed by atoms with E-state index in [9.17, 15) is 2.74 Å². The molecule has 0 saturated heterocycles. The first-order valence-corrected chi connectivity index (χ1v) is 16.8. The molecule has 0 bridgehead atoms. The highest BCUT2D eigenvalue weighted by Crippen LogP contribution is 2.59. The minimum absolute atomic E-state index is 0.477. The highest BCUT2D eigenvalue weighted by molar-refractivity contribution is 7.26. The standard InChI is InChI=1S/C43H29N3S/c1-43(2)33-25-24-26-14-6-7-17-28(26)37(33)38-30-19-9-8-18-29(30)36-32-21-11-13-23-35(32)47-41(36)40(38)46(43)42-44-34-22-12-10-20-31(34)39(45-42)27-15-4-3-5-16-27/h3-25H,1-2H3/i18D,25D. The SMILES string of the molecule is [2H]c1cc2ccccc2c2c1C(C)(C)N(c1nc(-c3ccccc3)c3ccccc3n1)c1c-2c2cccc([2H])c2c2c1sc1ccccc12. The van der Waals surface area contributed by atoms with Crippen molar-refractivity contribution >= 4 is 75.6 Å². The number of nitrogens with zero attached hydrogens (tertiary/aromatic N) is 3. The van der Waals surface area contributed by atoms with Crippen molar-refractivity contribution in [2.75, 3.05) is 4.90 Å². The zero-order valence-corrected chi connectivity index (χ0v) is 26.7. The molecule has 0 aliphatic carbocycles. The molecule has 9 aromatic rings. The summed E-state index contributed by atoms with van der Waals surface area (Å²) in [4.78, 5) is 13.1. The van der Waals surface area contributed by atoms with Crippen LogP contribution in [0.1, 0.15) is 22.2 Å². The van der Waals surface area contributed by atoms with Gasteiger partial charge in [-0.1, -0.05) is 127 Å². The van der Waals surface area contributed by atoms with E-state index in [-0.39, 0.29) is 0 Å². The highest BCUT2D eigenvalue weighted by atomic mass is 32.1. The lowest BCUT2D eigenvalue weighted by Gasteiger charge is -2.46. The third-order valence-corrected chi connectivity index (χ3v) is 10.9. The summed E-state index contributed by atoms with van der Waals surface area (Å²) in [6.07, 6.45) is 0. The average molecular weight is 622 g/mol. The van der Waals surface area contributed by atoms with E-state index in [2.05, 4.69) is 91.5 Å². The molecule has 0 fully saturated rings. The molecule has 0 spiro atoms. The van der Waals surface area contributed by atoms with E-state index < -0.39 is 5.54 Å². The van der Waals surface area contributed by atoms with Crippen molar-refractivity contribution in [3.05, 3.63) is 145 Å². The largest absolute Gasteiger partial charge is 0.299 e. The first-order valence-electron chi connectivity index (χ1n) is 16.9. The number of hydrogen-bond acceptors (Lipinski definition) is 4. The molecular formula is C43H29N3S. The van der Waals surface area contributed by atoms with Gasteiger partial charge in [0.05, 0.1) is 29.9 Å². The van der Waals surface area contributed by atoms with Crippen LogP contribution in [-0.2, 0) is 5.54 Å². The van der Waals surface area contributed by atoms with Gasteiger partial charge in [-0.3, -0.25) is 4.90 Å². The van der Waals surface area contributed by atoms with E-state index in [4.69, 9.17) is 9.97 Å². The Balaban J connectivity index is 1.46. The summed E-state index contributed by atoms with van der Waals surface area (Å²) >= 11 is 1.76. The minimum Gasteiger partial charge on any atom is -0.299 e. The molecule has 0 saturated carbocycles. The molecule has 1 aliphatic rings. The number of thiophene rings is 1. The molecule has 4 heteroatoms. The number of hydrogen-bond donors (Lipinski definition) is 0. The van der Waals surface area contributed by atoms with Gasteiger partial charge in [-0.05, 0) is 58.7 Å². The second-order valence-corrected chi connectivity index (χ2v) is 13.8. The van der Waals surface area contributed by atoms with Crippen LogP contribution in [0.4, 0.5) is 11.6 Å². The van der Waals surface area contributed by atoms with Gasteiger partial charge >= 0.3 is 0 Å². The second kappa shape index (κ2) is 9.71. The molecule has 1 aliphatic heterocycles. The molecular weight excluding hydrogens is 591 g/mol. The maximum atomic E-state index is 9.59. The first-order chi connectivity index (χ1) is 23.9. The molecule has 0 N–H and O–H groups in total. The lowest BCUT2D eigenvalue weighted by Crippen LogP contribution is -2.42. The zero-order chi connectivity index (χ0) is 33.0. The van der Waals surface area contributed by atoms with Crippen molar-refractivity contribution < 1.29 is 2.74 Å². The summed E-state index contributed by atoms with van der Waals surface area (Å²) in [6.45, 7) is 4.40. The van der Waals surface area contributed by atoms with Gasteiger partial charge in [0.1, 0.15) is 0 Å². The molecule has 10 rings (SSSR count). The van der Waals surface area contributed by atoms with Crippen LogP contribution in [0.5, 0.6) is 0 Å². The van der Waals surface area contributed by atoms with Gasteiger partial charge in [0, 0.05) is 32.0 Å². The van der Waals surface area contributed by atoms with Crippen LogP contribution < -0.4 is 4.90 Å². The molecule has 3 nitrogen and oxygen atoms in total. The molecule has 2 aromatic heterocycles. The van der Waals surface area contributed by atoms with Crippen LogP contribution in [0.25, 0.3) is 75.0 Å². The summed E-state index contributed by atoms with van der Waals surface area (Å²) in [5, 5.41) is 7.28. The number of para-hydroxylation sites is 1. The number of rotatable bonds is 2. The van der Waals surface area contributed by atoms with Crippen molar-refractivity contribution in [3.63, 3.8) is 0 Å². The fourth-order valence-electron chi connectivity index (χ4n) is 7.69. The van der Waals surface area contributed by atoms with Crippen LogP contribution in [0, 0.1) is 0 Å². The van der Waals surface area contributed by atoms with Crippen LogP contribution in [0.15, 0.2) is 139 Å². The number of fused-ring (bicyclic) bond motifs is 13. The molecule has 0 amide bonds. The molecule has 3 heterocycles. The maximum absolute atomic E-state index is 9.59. The Hall–Kier alpha value is -5.58. The molecule has 222 valence electrons. The Labute approximate surface area is 279 Å². The van der Waals surface area contributed by atoms with Crippen LogP contribution in [-0.4, -0.2) is 9.97 Å². The normalized spacial score (nSPS) is 14.5. The third-order valence-electron chi connectivity index (χ3n) is 9.76. The number of anilines is 2. The molecule has 7 aromatic carbocycles. The van der Waals surface area contributed by atoms with Gasteiger partial charge in [0.25, 0.3) is 0 Å².